The zero-order chi connectivity index (χ0) is 11.5. The van der Waals surface area contributed by atoms with E-state index in [0.29, 0.717) is 0 Å². The van der Waals surface area contributed by atoms with Gasteiger partial charge in [-0.25, -0.2) is 9.97 Å². The van der Waals surface area contributed by atoms with Crippen LogP contribution in [-0.2, 0) is 0 Å². The molecule has 2 heterocycles. The molecule has 0 fully saturated rings. The van der Waals surface area contributed by atoms with Gasteiger partial charge in [0.05, 0.1) is 21.3 Å². The third kappa shape index (κ3) is 2.41. The Morgan fingerprint density at radius 3 is 2.75 bits per heavy atom. The van der Waals surface area contributed by atoms with E-state index in [0.717, 1.165) is 34.5 Å². The van der Waals surface area contributed by atoms with E-state index in [1.54, 1.807) is 22.7 Å². The lowest BCUT2D eigenvalue weighted by molar-refractivity contribution is 0.976. The second kappa shape index (κ2) is 4.93. The van der Waals surface area contributed by atoms with Crippen molar-refractivity contribution in [3.63, 3.8) is 0 Å². The lowest BCUT2D eigenvalue weighted by Gasteiger charge is -1.97. The normalized spacial score (nSPS) is 10.7. The maximum absolute atomic E-state index is 4.57. The molecule has 0 unspecified atom stereocenters. The molecule has 86 valence electrons. The van der Waals surface area contributed by atoms with Crippen LogP contribution in [0.2, 0.25) is 0 Å². The summed E-state index contributed by atoms with van der Waals surface area (Å²) in [6, 6.07) is 0. The van der Waals surface area contributed by atoms with Crippen molar-refractivity contribution >= 4 is 27.8 Å². The van der Waals surface area contributed by atoms with Crippen molar-refractivity contribution in [1.82, 2.24) is 9.97 Å². The fourth-order valence-corrected chi connectivity index (χ4v) is 3.15. The summed E-state index contributed by atoms with van der Waals surface area (Å²) in [5, 5.41) is 7.50. The highest BCUT2D eigenvalue weighted by molar-refractivity contribution is 7.16. The Morgan fingerprint density at radius 2 is 2.12 bits per heavy atom. The van der Waals surface area contributed by atoms with Gasteiger partial charge in [-0.05, 0) is 20.3 Å². The molecule has 5 heteroatoms. The van der Waals surface area contributed by atoms with Gasteiger partial charge < -0.3 is 5.32 Å². The van der Waals surface area contributed by atoms with Crippen LogP contribution >= 0.6 is 22.7 Å². The van der Waals surface area contributed by atoms with Crippen LogP contribution in [0.4, 0.5) is 5.13 Å². The maximum atomic E-state index is 4.57. The number of aryl methyl sites for hydroxylation is 2. The first-order chi connectivity index (χ1) is 7.70. The summed E-state index contributed by atoms with van der Waals surface area (Å²) in [4.78, 5) is 10.2. The average molecular weight is 253 g/mol. The Morgan fingerprint density at radius 1 is 1.31 bits per heavy atom. The summed E-state index contributed by atoms with van der Waals surface area (Å²) in [6.45, 7) is 7.20. The number of nitrogens with one attached hydrogen (secondary N) is 1. The Bertz CT molecular complexity index is 473. The summed E-state index contributed by atoms with van der Waals surface area (Å²) >= 11 is 3.37. The molecule has 16 heavy (non-hydrogen) atoms. The van der Waals surface area contributed by atoms with Gasteiger partial charge in [0.1, 0.15) is 0 Å². The van der Waals surface area contributed by atoms with Gasteiger partial charge in [0.2, 0.25) is 0 Å². The van der Waals surface area contributed by atoms with Gasteiger partial charge in [0.25, 0.3) is 0 Å². The summed E-state index contributed by atoms with van der Waals surface area (Å²) < 4.78 is 0. The highest BCUT2D eigenvalue weighted by Gasteiger charge is 2.10. The fourth-order valence-electron chi connectivity index (χ4n) is 1.46. The van der Waals surface area contributed by atoms with E-state index in [1.807, 2.05) is 13.8 Å². The molecule has 0 amide bonds. The topological polar surface area (TPSA) is 37.8 Å². The Balaban J connectivity index is 2.21. The molecule has 0 aliphatic heterocycles. The first-order valence-electron chi connectivity index (χ1n) is 5.34. The van der Waals surface area contributed by atoms with Gasteiger partial charge in [-0.15, -0.1) is 22.7 Å². The lowest BCUT2D eigenvalue weighted by Crippen LogP contribution is -1.98. The molecule has 0 spiro atoms. The number of thiazole rings is 2. The van der Waals surface area contributed by atoms with E-state index in [2.05, 4.69) is 27.6 Å². The number of anilines is 1. The van der Waals surface area contributed by atoms with Crippen LogP contribution in [0.3, 0.4) is 0 Å². The molecule has 0 aromatic carbocycles. The highest BCUT2D eigenvalue weighted by atomic mass is 32.1. The summed E-state index contributed by atoms with van der Waals surface area (Å²) in [5.41, 5.74) is 2.13. The Labute approximate surface area is 104 Å². The van der Waals surface area contributed by atoms with Crippen molar-refractivity contribution in [3.05, 3.63) is 16.1 Å². The van der Waals surface area contributed by atoms with Crippen molar-refractivity contribution in [2.24, 2.45) is 0 Å². The van der Waals surface area contributed by atoms with Crippen molar-refractivity contribution in [2.75, 3.05) is 11.9 Å². The zero-order valence-electron chi connectivity index (χ0n) is 9.70. The minimum Gasteiger partial charge on any atom is -0.362 e. The molecule has 0 saturated carbocycles. The van der Waals surface area contributed by atoms with E-state index >= 15 is 0 Å². The van der Waals surface area contributed by atoms with Crippen LogP contribution in [0.1, 0.15) is 24.0 Å². The van der Waals surface area contributed by atoms with E-state index in [4.69, 9.17) is 0 Å². The summed E-state index contributed by atoms with van der Waals surface area (Å²) in [6.07, 6.45) is 1.12. The molecule has 0 radical (unpaired) electrons. The van der Waals surface area contributed by atoms with E-state index in [9.17, 15) is 0 Å². The molecule has 0 aliphatic rings. The first kappa shape index (κ1) is 11.5. The smallest absolute Gasteiger partial charge is 0.183 e. The lowest BCUT2D eigenvalue weighted by atomic mass is 10.3. The number of hydrogen-bond donors (Lipinski definition) is 1. The van der Waals surface area contributed by atoms with Gasteiger partial charge in [0.15, 0.2) is 5.13 Å². The van der Waals surface area contributed by atoms with Crippen LogP contribution in [0, 0.1) is 13.8 Å². The van der Waals surface area contributed by atoms with Crippen molar-refractivity contribution in [1.29, 1.82) is 0 Å². The minimum atomic E-state index is 0.980. The number of hydrogen-bond acceptors (Lipinski definition) is 5. The standard InChI is InChI=1S/C11H15N3S2/c1-4-5-12-11-14-9(6-15-11)10-7(2)13-8(3)16-10/h6H,4-5H2,1-3H3,(H,12,14). The highest BCUT2D eigenvalue weighted by Crippen LogP contribution is 2.31. The van der Waals surface area contributed by atoms with Crippen LogP contribution < -0.4 is 5.32 Å². The van der Waals surface area contributed by atoms with Gasteiger partial charge in [-0.1, -0.05) is 6.92 Å². The molecular weight excluding hydrogens is 238 g/mol. The Hall–Kier alpha value is -0.940. The average Bonchev–Trinajstić information content (AvgIpc) is 2.82. The second-order valence-electron chi connectivity index (χ2n) is 3.61. The van der Waals surface area contributed by atoms with Gasteiger partial charge in [-0.2, -0.15) is 0 Å². The predicted molar refractivity (Wildman–Crippen MR) is 71.5 cm³/mol. The van der Waals surface area contributed by atoms with Gasteiger partial charge in [-0.3, -0.25) is 0 Å². The molecule has 0 atom stereocenters. The number of nitrogens with zero attached hydrogens (tertiary/aromatic N) is 2. The molecule has 3 nitrogen and oxygen atoms in total. The molecule has 2 rings (SSSR count). The van der Waals surface area contributed by atoms with Gasteiger partial charge in [0, 0.05) is 11.9 Å². The van der Waals surface area contributed by atoms with E-state index < -0.39 is 0 Å². The quantitative estimate of drug-likeness (QED) is 0.902. The largest absolute Gasteiger partial charge is 0.362 e. The SMILES string of the molecule is CCCNc1nc(-c2sc(C)nc2C)cs1. The van der Waals surface area contributed by atoms with Crippen LogP contribution in [0.25, 0.3) is 10.6 Å². The predicted octanol–water partition coefficient (Wildman–Crippen LogP) is 3.71. The number of rotatable bonds is 4. The van der Waals surface area contributed by atoms with Gasteiger partial charge >= 0.3 is 0 Å². The number of aromatic nitrogens is 2. The minimum absolute atomic E-state index is 0.980. The molecular formula is C11H15N3S2. The third-order valence-electron chi connectivity index (χ3n) is 2.17. The maximum Gasteiger partial charge on any atom is 0.183 e. The monoisotopic (exact) mass is 253 g/mol. The fraction of sp³-hybridized carbons (Fsp3) is 0.455. The summed E-state index contributed by atoms with van der Waals surface area (Å²) in [7, 11) is 0. The third-order valence-corrected chi connectivity index (χ3v) is 4.06. The molecule has 0 saturated heterocycles. The van der Waals surface area contributed by atoms with Crippen LogP contribution in [-0.4, -0.2) is 16.5 Å². The van der Waals surface area contributed by atoms with Crippen molar-refractivity contribution in [3.8, 4) is 10.6 Å². The van der Waals surface area contributed by atoms with Crippen molar-refractivity contribution < 1.29 is 0 Å². The summed E-state index contributed by atoms with van der Waals surface area (Å²) in [5.74, 6) is 0. The molecule has 0 bridgehead atoms. The first-order valence-corrected chi connectivity index (χ1v) is 7.04. The molecule has 0 aliphatic carbocycles. The van der Waals surface area contributed by atoms with Crippen LogP contribution in [0.5, 0.6) is 0 Å². The van der Waals surface area contributed by atoms with E-state index in [1.165, 1.54) is 4.88 Å². The molecule has 1 N–H and O–H groups in total. The van der Waals surface area contributed by atoms with E-state index in [-0.39, 0.29) is 0 Å². The Kier molecular flexibility index (Phi) is 3.56. The molecule has 2 aromatic heterocycles. The van der Waals surface area contributed by atoms with Crippen molar-refractivity contribution in [2.45, 2.75) is 27.2 Å². The molecule has 2 aromatic rings. The zero-order valence-corrected chi connectivity index (χ0v) is 11.3. The van der Waals surface area contributed by atoms with Crippen LogP contribution in [0.15, 0.2) is 5.38 Å². The second-order valence-corrected chi connectivity index (χ2v) is 5.67.